The Morgan fingerprint density at radius 1 is 1.31 bits per heavy atom. The Kier molecular flexibility index (Phi) is 5.05. The van der Waals surface area contributed by atoms with Gasteiger partial charge in [0.15, 0.2) is 0 Å². The number of aryl methyl sites for hydroxylation is 1. The van der Waals surface area contributed by atoms with Crippen molar-refractivity contribution in [3.8, 4) is 5.75 Å². The monoisotopic (exact) mass is 230 g/mol. The van der Waals surface area contributed by atoms with Crippen LogP contribution in [0.3, 0.4) is 0 Å². The molecule has 0 aliphatic carbocycles. The minimum absolute atomic E-state index is 0. The Balaban J connectivity index is 0.00000225. The molecule has 0 spiro atoms. The van der Waals surface area contributed by atoms with Crippen LogP contribution in [0.2, 0.25) is 0 Å². The molecular weight excluding hydrogens is 215 g/mol. The van der Waals surface area contributed by atoms with E-state index in [0.29, 0.717) is 5.56 Å². The average Bonchev–Trinajstić information content (AvgIpc) is 2.06. The number of carbonyl (C=O) groups excluding carboxylic acids is 1. The summed E-state index contributed by atoms with van der Waals surface area (Å²) in [5.74, 6) is -1.53. The van der Waals surface area contributed by atoms with Crippen molar-refractivity contribution in [3.05, 3.63) is 28.8 Å². The van der Waals surface area contributed by atoms with Crippen LogP contribution in [0.5, 0.6) is 5.75 Å². The molecule has 0 bridgehead atoms. The molecule has 0 aliphatic rings. The van der Waals surface area contributed by atoms with Crippen LogP contribution in [-0.2, 0) is 5.41 Å². The van der Waals surface area contributed by atoms with E-state index in [2.05, 4.69) is 0 Å². The second-order valence-corrected chi connectivity index (χ2v) is 4.75. The summed E-state index contributed by atoms with van der Waals surface area (Å²) in [5, 5.41) is 20.6. The molecule has 16 heavy (non-hydrogen) atoms. The maximum Gasteiger partial charge on any atom is 1.00 e. The van der Waals surface area contributed by atoms with Crippen LogP contribution in [0.15, 0.2) is 12.1 Å². The van der Waals surface area contributed by atoms with Gasteiger partial charge in [0, 0.05) is 11.1 Å². The summed E-state index contributed by atoms with van der Waals surface area (Å²) < 4.78 is 0. The fraction of sp³-hybridized carbons (Fsp3) is 0.417. The molecular formula is C12H15NaO3. The van der Waals surface area contributed by atoms with Crippen molar-refractivity contribution in [3.63, 3.8) is 0 Å². The number of carboxylic acid groups (broad SMARTS) is 1. The molecule has 0 heterocycles. The molecule has 0 amide bonds. The first-order valence-electron chi connectivity index (χ1n) is 4.79. The quantitative estimate of drug-likeness (QED) is 0.589. The smallest absolute Gasteiger partial charge is 0.545 e. The van der Waals surface area contributed by atoms with E-state index in [1.807, 2.05) is 20.8 Å². The molecule has 3 nitrogen and oxygen atoms in total. The maximum atomic E-state index is 10.8. The van der Waals surface area contributed by atoms with Crippen molar-refractivity contribution < 1.29 is 44.6 Å². The van der Waals surface area contributed by atoms with Crippen molar-refractivity contribution in [1.82, 2.24) is 0 Å². The summed E-state index contributed by atoms with van der Waals surface area (Å²) >= 11 is 0. The number of hydrogen-bond acceptors (Lipinski definition) is 3. The van der Waals surface area contributed by atoms with Crippen LogP contribution >= 0.6 is 0 Å². The zero-order valence-corrected chi connectivity index (χ0v) is 12.4. The van der Waals surface area contributed by atoms with Gasteiger partial charge in [-0.25, -0.2) is 0 Å². The van der Waals surface area contributed by atoms with Gasteiger partial charge >= 0.3 is 29.6 Å². The predicted molar refractivity (Wildman–Crippen MR) is 55.9 cm³/mol. The summed E-state index contributed by atoms with van der Waals surface area (Å²) in [7, 11) is 0. The van der Waals surface area contributed by atoms with E-state index in [1.165, 1.54) is 6.07 Å². The molecule has 82 valence electrons. The van der Waals surface area contributed by atoms with E-state index in [4.69, 9.17) is 0 Å². The third kappa shape index (κ3) is 3.24. The van der Waals surface area contributed by atoms with Crippen LogP contribution in [0, 0.1) is 6.92 Å². The molecule has 1 aromatic carbocycles. The third-order valence-electron chi connectivity index (χ3n) is 2.28. The van der Waals surface area contributed by atoms with Gasteiger partial charge in [0.25, 0.3) is 0 Å². The fourth-order valence-electron chi connectivity index (χ4n) is 1.51. The van der Waals surface area contributed by atoms with Crippen molar-refractivity contribution >= 4 is 5.97 Å². The van der Waals surface area contributed by atoms with Gasteiger partial charge in [0.05, 0.1) is 5.97 Å². The first-order chi connectivity index (χ1) is 6.73. The first kappa shape index (κ1) is 15.5. The van der Waals surface area contributed by atoms with Gasteiger partial charge in [-0.15, -0.1) is 0 Å². The van der Waals surface area contributed by atoms with E-state index in [1.54, 1.807) is 13.0 Å². The molecule has 0 radical (unpaired) electrons. The van der Waals surface area contributed by atoms with Gasteiger partial charge in [-0.05, 0) is 24.0 Å². The van der Waals surface area contributed by atoms with Crippen LogP contribution < -0.4 is 34.7 Å². The Morgan fingerprint density at radius 3 is 2.19 bits per heavy atom. The molecule has 4 heteroatoms. The molecule has 1 rings (SSSR count). The van der Waals surface area contributed by atoms with Gasteiger partial charge in [-0.2, -0.15) is 0 Å². The van der Waals surface area contributed by atoms with Gasteiger partial charge in [0.2, 0.25) is 0 Å². The van der Waals surface area contributed by atoms with Gasteiger partial charge in [0.1, 0.15) is 5.75 Å². The normalized spacial score (nSPS) is 10.8. The van der Waals surface area contributed by atoms with Crippen LogP contribution in [0.4, 0.5) is 0 Å². The van der Waals surface area contributed by atoms with Crippen molar-refractivity contribution in [2.24, 2.45) is 0 Å². The number of phenols is 1. The van der Waals surface area contributed by atoms with E-state index in [0.717, 1.165) is 5.56 Å². The zero-order valence-electron chi connectivity index (χ0n) is 10.4. The number of benzene rings is 1. The second kappa shape index (κ2) is 5.21. The maximum absolute atomic E-state index is 10.8. The predicted octanol–water partition coefficient (Wildman–Crippen LogP) is -1.63. The molecule has 1 aromatic rings. The first-order valence-corrected chi connectivity index (χ1v) is 4.79. The van der Waals surface area contributed by atoms with Crippen LogP contribution in [0.25, 0.3) is 0 Å². The molecule has 0 saturated heterocycles. The summed E-state index contributed by atoms with van der Waals surface area (Å²) in [6.07, 6.45) is 0. The van der Waals surface area contributed by atoms with Crippen molar-refractivity contribution in [2.45, 2.75) is 33.1 Å². The van der Waals surface area contributed by atoms with Crippen molar-refractivity contribution in [2.75, 3.05) is 0 Å². The number of hydrogen-bond donors (Lipinski definition) is 1. The molecule has 0 aromatic heterocycles. The minimum Gasteiger partial charge on any atom is -0.545 e. The molecule has 1 N–H and O–H groups in total. The van der Waals surface area contributed by atoms with Gasteiger partial charge < -0.3 is 15.0 Å². The average molecular weight is 230 g/mol. The molecule has 0 saturated carbocycles. The number of aromatic hydroxyl groups is 1. The van der Waals surface area contributed by atoms with Crippen LogP contribution in [0.1, 0.15) is 42.3 Å². The SMILES string of the molecule is Cc1cc(C(=O)[O-])c(O)c(C(C)(C)C)c1.[Na+]. The van der Waals surface area contributed by atoms with Crippen LogP contribution in [-0.4, -0.2) is 11.1 Å². The van der Waals surface area contributed by atoms with Crippen molar-refractivity contribution in [1.29, 1.82) is 0 Å². The Morgan fingerprint density at radius 2 is 1.81 bits per heavy atom. The topological polar surface area (TPSA) is 60.4 Å². The molecule has 0 unspecified atom stereocenters. The zero-order chi connectivity index (χ0) is 11.8. The minimum atomic E-state index is -1.35. The van der Waals surface area contributed by atoms with E-state index in [9.17, 15) is 15.0 Å². The summed E-state index contributed by atoms with van der Waals surface area (Å²) in [6.45, 7) is 7.54. The summed E-state index contributed by atoms with van der Waals surface area (Å²) in [5.41, 5.74) is 0.999. The molecule has 0 atom stereocenters. The summed E-state index contributed by atoms with van der Waals surface area (Å²) in [6, 6.07) is 3.21. The van der Waals surface area contributed by atoms with E-state index >= 15 is 0 Å². The second-order valence-electron chi connectivity index (χ2n) is 4.75. The van der Waals surface area contributed by atoms with E-state index < -0.39 is 5.97 Å². The standard InChI is InChI=1S/C12H16O3.Na/c1-7-5-8(11(14)15)10(13)9(6-7)12(2,3)4;/h5-6,13H,1-4H3,(H,14,15);/q;+1/p-1. The number of carbonyl (C=O) groups is 1. The number of aromatic carboxylic acids is 1. The fourth-order valence-corrected chi connectivity index (χ4v) is 1.51. The number of carboxylic acids is 1. The Labute approximate surface area is 118 Å². The summed E-state index contributed by atoms with van der Waals surface area (Å²) in [4.78, 5) is 10.8. The third-order valence-corrected chi connectivity index (χ3v) is 2.28. The molecule has 0 fully saturated rings. The Bertz CT molecular complexity index is 405. The largest absolute Gasteiger partial charge is 1.00 e. The van der Waals surface area contributed by atoms with Gasteiger partial charge in [-0.3, -0.25) is 0 Å². The number of rotatable bonds is 1. The Hall–Kier alpha value is -0.510. The van der Waals surface area contributed by atoms with Gasteiger partial charge in [-0.1, -0.05) is 26.8 Å². The molecule has 0 aliphatic heterocycles. The van der Waals surface area contributed by atoms with E-state index in [-0.39, 0.29) is 46.3 Å².